The summed E-state index contributed by atoms with van der Waals surface area (Å²) in [6.45, 7) is 9.80. The minimum atomic E-state index is -5.65. The standard InChI is InChI=1S/C39H49F3INO11S/c1-8-35(5,32(47)52-27-13-12-14-28-29(27)30(45)54-37(7,53-28)25-15-17-26(43)18-16-25)24-36(6,33(48)55-38(9-2)19-10-11-20-38)23-34(3,4)31(46)51-22-21-44-56(49,50)39(40,41)42/h12-18,44H,8-11,19-24H2,1-7H3. The Labute approximate surface area is 339 Å². The first kappa shape index (κ1) is 45.3. The van der Waals surface area contributed by atoms with Crippen LogP contribution in [0.3, 0.4) is 0 Å². The van der Waals surface area contributed by atoms with Gasteiger partial charge in [-0.25, -0.2) is 17.9 Å². The van der Waals surface area contributed by atoms with E-state index in [1.165, 1.54) is 24.6 Å². The van der Waals surface area contributed by atoms with Gasteiger partial charge in [0.2, 0.25) is 0 Å². The maximum Gasteiger partial charge on any atom is 0.511 e. The number of cyclic esters (lactones) is 1. The first-order valence-corrected chi connectivity index (χ1v) is 20.9. The van der Waals surface area contributed by atoms with Crippen LogP contribution in [0.5, 0.6) is 11.5 Å². The van der Waals surface area contributed by atoms with E-state index in [1.807, 2.05) is 19.1 Å². The van der Waals surface area contributed by atoms with Crippen LogP contribution in [-0.4, -0.2) is 56.6 Å². The second-order valence-corrected chi connectivity index (χ2v) is 18.8. The maximum atomic E-state index is 14.4. The highest BCUT2D eigenvalue weighted by molar-refractivity contribution is 14.1. The molecule has 2 aliphatic rings. The molecule has 0 saturated heterocycles. The Morgan fingerprint density at radius 3 is 2.09 bits per heavy atom. The number of carbonyl (C=O) groups excluding carboxylic acids is 4. The molecule has 0 aromatic heterocycles. The fourth-order valence-corrected chi connectivity index (χ4v) is 8.23. The molecule has 56 heavy (non-hydrogen) atoms. The average Bonchev–Trinajstić information content (AvgIpc) is 3.58. The highest BCUT2D eigenvalue weighted by Crippen LogP contribution is 2.49. The molecule has 2 aromatic carbocycles. The van der Waals surface area contributed by atoms with Gasteiger partial charge >= 0.3 is 39.4 Å². The fraction of sp³-hybridized carbons (Fsp3) is 0.590. The molecule has 12 nitrogen and oxygen atoms in total. The largest absolute Gasteiger partial charge is 0.511 e. The van der Waals surface area contributed by atoms with Gasteiger partial charge in [-0.2, -0.15) is 13.2 Å². The normalized spacial score (nSPS) is 20.4. The number of rotatable bonds is 16. The molecule has 3 unspecified atom stereocenters. The van der Waals surface area contributed by atoms with Gasteiger partial charge in [0, 0.05) is 22.6 Å². The molecule has 2 aromatic rings. The maximum absolute atomic E-state index is 14.4. The number of esters is 4. The van der Waals surface area contributed by atoms with Crippen LogP contribution in [-0.2, 0) is 44.4 Å². The van der Waals surface area contributed by atoms with Crippen LogP contribution in [0, 0.1) is 19.8 Å². The molecule has 0 radical (unpaired) electrons. The first-order chi connectivity index (χ1) is 25.8. The molecule has 310 valence electrons. The zero-order valence-electron chi connectivity index (χ0n) is 32.5. The molecule has 4 rings (SSSR count). The van der Waals surface area contributed by atoms with E-state index in [-0.39, 0.29) is 36.3 Å². The Balaban J connectivity index is 1.60. The minimum Gasteiger partial charge on any atom is -0.464 e. The molecular formula is C39H49F3INO11S. The third kappa shape index (κ3) is 9.97. The minimum absolute atomic E-state index is 0.100. The van der Waals surface area contributed by atoms with Crippen molar-refractivity contribution in [2.45, 2.75) is 117 Å². The van der Waals surface area contributed by atoms with E-state index >= 15 is 0 Å². The Morgan fingerprint density at radius 2 is 1.52 bits per heavy atom. The van der Waals surface area contributed by atoms with Gasteiger partial charge in [-0.1, -0.05) is 32.0 Å². The molecule has 3 atom stereocenters. The number of ether oxygens (including phenoxy) is 5. The van der Waals surface area contributed by atoms with E-state index in [4.69, 9.17) is 23.7 Å². The lowest BCUT2D eigenvalue weighted by atomic mass is 9.65. The third-order valence-electron chi connectivity index (χ3n) is 10.7. The Bertz CT molecular complexity index is 1910. The van der Waals surface area contributed by atoms with Crippen LogP contribution in [0.4, 0.5) is 13.2 Å². The molecule has 0 spiro atoms. The SMILES string of the molecule is CCC1(OC(=O)C(C)(CC(C)(C)C(=O)OCCNS(=O)(=O)C(F)(F)F)CC(C)(CC)C(=O)Oc2cccc3c2C(=O)OC(C)(c2ccc(I)cc2)O3)CCCC1. The van der Waals surface area contributed by atoms with Crippen molar-refractivity contribution in [3.8, 4) is 11.5 Å². The number of sulfonamides is 1. The Morgan fingerprint density at radius 1 is 0.893 bits per heavy atom. The summed E-state index contributed by atoms with van der Waals surface area (Å²) in [5.74, 6) is -4.58. The number of hydrogen-bond donors (Lipinski definition) is 1. The predicted octanol–water partition coefficient (Wildman–Crippen LogP) is 8.10. The summed E-state index contributed by atoms with van der Waals surface area (Å²) < 4.78 is 92.5. The number of hydrogen-bond acceptors (Lipinski definition) is 11. The number of fused-ring (bicyclic) bond motifs is 1. The smallest absolute Gasteiger partial charge is 0.464 e. The van der Waals surface area contributed by atoms with Gasteiger partial charge in [0.15, 0.2) is 0 Å². The van der Waals surface area contributed by atoms with E-state index in [2.05, 4.69) is 22.6 Å². The number of benzene rings is 2. The molecule has 0 bridgehead atoms. The van der Waals surface area contributed by atoms with E-state index in [1.54, 1.807) is 52.0 Å². The van der Waals surface area contributed by atoms with Crippen LogP contribution in [0.15, 0.2) is 42.5 Å². The summed E-state index contributed by atoms with van der Waals surface area (Å²) in [6, 6.07) is 11.8. The average molecular weight is 924 g/mol. The van der Waals surface area contributed by atoms with Crippen molar-refractivity contribution in [3.05, 3.63) is 57.2 Å². The predicted molar refractivity (Wildman–Crippen MR) is 206 cm³/mol. The summed E-state index contributed by atoms with van der Waals surface area (Å²) >= 11 is 2.15. The lowest BCUT2D eigenvalue weighted by Gasteiger charge is -2.42. The summed E-state index contributed by atoms with van der Waals surface area (Å²) in [5.41, 5.74) is -10.2. The third-order valence-corrected chi connectivity index (χ3v) is 12.6. The second kappa shape index (κ2) is 16.8. The molecule has 1 fully saturated rings. The zero-order valence-corrected chi connectivity index (χ0v) is 35.5. The first-order valence-electron chi connectivity index (χ1n) is 18.4. The highest BCUT2D eigenvalue weighted by atomic mass is 127. The van der Waals surface area contributed by atoms with E-state index in [0.717, 1.165) is 16.4 Å². The number of nitrogens with one attached hydrogen (secondary N) is 1. The van der Waals surface area contributed by atoms with Crippen molar-refractivity contribution in [1.29, 1.82) is 0 Å². The van der Waals surface area contributed by atoms with Gasteiger partial charge in [0.1, 0.15) is 29.3 Å². The molecule has 0 amide bonds. The van der Waals surface area contributed by atoms with Gasteiger partial charge in [0.05, 0.1) is 16.2 Å². The quantitative estimate of drug-likeness (QED) is 0.0570. The van der Waals surface area contributed by atoms with Crippen molar-refractivity contribution in [2.75, 3.05) is 13.2 Å². The summed E-state index contributed by atoms with van der Waals surface area (Å²) in [6.07, 6.45) is 3.26. The second-order valence-electron chi connectivity index (χ2n) is 15.8. The highest BCUT2D eigenvalue weighted by Gasteiger charge is 2.52. The van der Waals surface area contributed by atoms with E-state index in [9.17, 15) is 40.8 Å². The zero-order chi connectivity index (χ0) is 42.0. The van der Waals surface area contributed by atoms with Crippen molar-refractivity contribution < 1.29 is 64.5 Å². The number of carbonyl (C=O) groups is 4. The lowest BCUT2D eigenvalue weighted by Crippen LogP contribution is -2.47. The molecule has 1 N–H and O–H groups in total. The van der Waals surface area contributed by atoms with Crippen molar-refractivity contribution in [2.24, 2.45) is 16.2 Å². The van der Waals surface area contributed by atoms with Crippen LogP contribution in [0.2, 0.25) is 0 Å². The van der Waals surface area contributed by atoms with Gasteiger partial charge in [-0.3, -0.25) is 14.4 Å². The van der Waals surface area contributed by atoms with Crippen LogP contribution < -0.4 is 14.2 Å². The number of alkyl halides is 3. The Kier molecular flexibility index (Phi) is 13.6. The monoisotopic (exact) mass is 923 g/mol. The Hall–Kier alpha value is -3.45. The molecule has 1 aliphatic carbocycles. The van der Waals surface area contributed by atoms with E-state index in [0.29, 0.717) is 24.8 Å². The molecule has 1 aliphatic heterocycles. The summed E-state index contributed by atoms with van der Waals surface area (Å²) in [5, 5.41) is 0. The van der Waals surface area contributed by atoms with Gasteiger partial charge in [0.25, 0.3) is 5.79 Å². The van der Waals surface area contributed by atoms with Crippen molar-refractivity contribution in [3.63, 3.8) is 0 Å². The van der Waals surface area contributed by atoms with Gasteiger partial charge in [-0.05, 0) is 126 Å². The van der Waals surface area contributed by atoms with Gasteiger partial charge in [-0.15, -0.1) is 0 Å². The van der Waals surface area contributed by atoms with Crippen molar-refractivity contribution in [1.82, 2.24) is 4.72 Å². The van der Waals surface area contributed by atoms with Crippen LogP contribution in [0.25, 0.3) is 0 Å². The molecule has 17 heteroatoms. The number of halogens is 4. The van der Waals surface area contributed by atoms with Crippen LogP contribution in [0.1, 0.15) is 116 Å². The van der Waals surface area contributed by atoms with Crippen LogP contribution >= 0.6 is 22.6 Å². The summed E-state index contributed by atoms with van der Waals surface area (Å²) in [7, 11) is -5.65. The molecule has 1 saturated carbocycles. The molecule has 1 heterocycles. The summed E-state index contributed by atoms with van der Waals surface area (Å²) in [4.78, 5) is 55.5. The fourth-order valence-electron chi connectivity index (χ4n) is 7.36. The van der Waals surface area contributed by atoms with Gasteiger partial charge < -0.3 is 23.7 Å². The van der Waals surface area contributed by atoms with Crippen molar-refractivity contribution >= 4 is 56.5 Å². The topological polar surface area (TPSA) is 161 Å². The lowest BCUT2D eigenvalue weighted by molar-refractivity contribution is -0.179. The molecular weight excluding hydrogens is 874 g/mol. The van der Waals surface area contributed by atoms with E-state index < -0.39 is 80.2 Å².